The van der Waals surface area contributed by atoms with E-state index in [9.17, 15) is 4.79 Å². The van der Waals surface area contributed by atoms with Gasteiger partial charge in [-0.3, -0.25) is 4.79 Å². The summed E-state index contributed by atoms with van der Waals surface area (Å²) in [6.07, 6.45) is 0. The Balaban J connectivity index is 2.58. The summed E-state index contributed by atoms with van der Waals surface area (Å²) < 4.78 is 0.970. The second kappa shape index (κ2) is 5.51. The molecular formula is C10H12BrNO2S. The van der Waals surface area contributed by atoms with Crippen molar-refractivity contribution in [3.63, 3.8) is 0 Å². The zero-order valence-electron chi connectivity index (χ0n) is 8.53. The largest absolute Gasteiger partial charge is 0.481 e. The number of rotatable bonds is 4. The molecule has 1 unspecified atom stereocenters. The van der Waals surface area contributed by atoms with Crippen LogP contribution < -0.4 is 0 Å². The molecule has 0 aliphatic carbocycles. The Labute approximate surface area is 101 Å². The molecule has 0 saturated heterocycles. The van der Waals surface area contributed by atoms with E-state index in [1.54, 1.807) is 6.92 Å². The number of carboxylic acids is 1. The van der Waals surface area contributed by atoms with Gasteiger partial charge in [0.1, 0.15) is 0 Å². The Bertz CT molecular complexity index is 370. The Morgan fingerprint density at radius 3 is 2.87 bits per heavy atom. The first kappa shape index (κ1) is 12.5. The molecule has 1 atom stereocenters. The Morgan fingerprint density at radius 1 is 1.67 bits per heavy atom. The van der Waals surface area contributed by atoms with Crippen molar-refractivity contribution >= 4 is 33.7 Å². The molecule has 0 aromatic carbocycles. The fourth-order valence-electron chi connectivity index (χ4n) is 0.883. The number of halogens is 1. The minimum absolute atomic E-state index is 0.347. The monoisotopic (exact) mass is 289 g/mol. The SMILES string of the molecule is Cc1nc(SCC(C)C(=O)O)ccc1Br. The van der Waals surface area contributed by atoms with Gasteiger partial charge in [0.05, 0.1) is 16.6 Å². The number of aromatic nitrogens is 1. The first-order valence-corrected chi connectivity index (χ1v) is 6.27. The van der Waals surface area contributed by atoms with Crippen molar-refractivity contribution in [3.05, 3.63) is 22.3 Å². The third kappa shape index (κ3) is 3.83. The first-order chi connectivity index (χ1) is 7.00. The van der Waals surface area contributed by atoms with Crippen molar-refractivity contribution in [2.75, 3.05) is 5.75 Å². The van der Waals surface area contributed by atoms with Gasteiger partial charge in [-0.1, -0.05) is 6.92 Å². The topological polar surface area (TPSA) is 50.2 Å². The summed E-state index contributed by atoms with van der Waals surface area (Å²) in [5.41, 5.74) is 0.919. The summed E-state index contributed by atoms with van der Waals surface area (Å²) >= 11 is 4.83. The molecular weight excluding hydrogens is 278 g/mol. The minimum atomic E-state index is -0.767. The number of pyridine rings is 1. The molecule has 0 amide bonds. The predicted molar refractivity (Wildman–Crippen MR) is 64.2 cm³/mol. The van der Waals surface area contributed by atoms with Crippen LogP contribution in [0.3, 0.4) is 0 Å². The number of thioether (sulfide) groups is 1. The van der Waals surface area contributed by atoms with Gasteiger partial charge in [-0.15, -0.1) is 11.8 Å². The number of hydrogen-bond donors (Lipinski definition) is 1. The van der Waals surface area contributed by atoms with Crippen LogP contribution in [-0.4, -0.2) is 21.8 Å². The molecule has 0 fully saturated rings. The molecule has 15 heavy (non-hydrogen) atoms. The molecule has 0 radical (unpaired) electrons. The zero-order chi connectivity index (χ0) is 11.4. The average molecular weight is 290 g/mol. The summed E-state index contributed by atoms with van der Waals surface area (Å²) in [4.78, 5) is 14.9. The number of carbonyl (C=O) groups is 1. The van der Waals surface area contributed by atoms with E-state index in [4.69, 9.17) is 5.11 Å². The van der Waals surface area contributed by atoms with Gasteiger partial charge in [0.15, 0.2) is 0 Å². The van der Waals surface area contributed by atoms with E-state index in [1.807, 2.05) is 19.1 Å². The molecule has 1 rings (SSSR count). The highest BCUT2D eigenvalue weighted by molar-refractivity contribution is 9.10. The normalized spacial score (nSPS) is 12.5. The molecule has 1 aromatic rings. The van der Waals surface area contributed by atoms with Crippen molar-refractivity contribution in [1.82, 2.24) is 4.98 Å². The van der Waals surface area contributed by atoms with E-state index in [0.29, 0.717) is 5.75 Å². The predicted octanol–water partition coefficient (Wildman–Crippen LogP) is 2.97. The summed E-state index contributed by atoms with van der Waals surface area (Å²) in [6, 6.07) is 3.81. The van der Waals surface area contributed by atoms with E-state index in [2.05, 4.69) is 20.9 Å². The standard InChI is InChI=1S/C10H12BrNO2S/c1-6(10(13)14)5-15-9-4-3-8(11)7(2)12-9/h3-4,6H,5H2,1-2H3,(H,13,14). The van der Waals surface area contributed by atoms with Crippen molar-refractivity contribution in [3.8, 4) is 0 Å². The van der Waals surface area contributed by atoms with Crippen LogP contribution in [0.2, 0.25) is 0 Å². The van der Waals surface area contributed by atoms with Crippen LogP contribution in [0.5, 0.6) is 0 Å². The second-order valence-electron chi connectivity index (χ2n) is 3.27. The maximum absolute atomic E-state index is 10.6. The summed E-state index contributed by atoms with van der Waals surface area (Å²) in [7, 11) is 0. The number of aryl methyl sites for hydroxylation is 1. The van der Waals surface area contributed by atoms with Crippen molar-refractivity contribution in [2.24, 2.45) is 5.92 Å². The molecule has 82 valence electrons. The van der Waals surface area contributed by atoms with Crippen molar-refractivity contribution in [2.45, 2.75) is 18.9 Å². The highest BCUT2D eigenvalue weighted by atomic mass is 79.9. The molecule has 5 heteroatoms. The van der Waals surface area contributed by atoms with Crippen LogP contribution in [0.1, 0.15) is 12.6 Å². The second-order valence-corrected chi connectivity index (χ2v) is 5.16. The van der Waals surface area contributed by atoms with E-state index >= 15 is 0 Å². The molecule has 0 aliphatic heterocycles. The van der Waals surface area contributed by atoms with Gasteiger partial charge in [0.2, 0.25) is 0 Å². The first-order valence-electron chi connectivity index (χ1n) is 4.49. The molecule has 0 aliphatic rings. The zero-order valence-corrected chi connectivity index (χ0v) is 10.9. The minimum Gasteiger partial charge on any atom is -0.481 e. The average Bonchev–Trinajstić information content (AvgIpc) is 2.19. The lowest BCUT2D eigenvalue weighted by Gasteiger charge is -2.06. The van der Waals surface area contributed by atoms with Crippen molar-refractivity contribution < 1.29 is 9.90 Å². The van der Waals surface area contributed by atoms with Crippen molar-refractivity contribution in [1.29, 1.82) is 0 Å². The molecule has 0 spiro atoms. The van der Waals surface area contributed by atoms with Crippen LogP contribution in [0.25, 0.3) is 0 Å². The third-order valence-electron chi connectivity index (χ3n) is 1.90. The van der Waals surface area contributed by atoms with Crippen LogP contribution in [0.4, 0.5) is 0 Å². The highest BCUT2D eigenvalue weighted by Gasteiger charge is 2.11. The third-order valence-corrected chi connectivity index (χ3v) is 3.93. The maximum atomic E-state index is 10.6. The fraction of sp³-hybridized carbons (Fsp3) is 0.400. The van der Waals surface area contributed by atoms with Crippen LogP contribution in [-0.2, 0) is 4.79 Å². The molecule has 0 bridgehead atoms. The van der Waals surface area contributed by atoms with Gasteiger partial charge >= 0.3 is 5.97 Å². The lowest BCUT2D eigenvalue weighted by atomic mass is 10.2. The Kier molecular flexibility index (Phi) is 4.60. The smallest absolute Gasteiger partial charge is 0.307 e. The number of carboxylic acid groups (broad SMARTS) is 1. The molecule has 3 nitrogen and oxygen atoms in total. The van der Waals surface area contributed by atoms with Gasteiger partial charge in [-0.05, 0) is 35.0 Å². The molecule has 1 heterocycles. The number of aliphatic carboxylic acids is 1. The summed E-state index contributed by atoms with van der Waals surface area (Å²) in [5.74, 6) is -0.569. The van der Waals surface area contributed by atoms with Crippen LogP contribution in [0.15, 0.2) is 21.6 Å². The van der Waals surface area contributed by atoms with Crippen LogP contribution >= 0.6 is 27.7 Å². The van der Waals surface area contributed by atoms with Gasteiger partial charge < -0.3 is 5.11 Å². The summed E-state index contributed by atoms with van der Waals surface area (Å²) in [5, 5.41) is 9.58. The maximum Gasteiger partial charge on any atom is 0.307 e. The van der Waals surface area contributed by atoms with Gasteiger partial charge in [-0.25, -0.2) is 4.98 Å². The van der Waals surface area contributed by atoms with E-state index in [-0.39, 0.29) is 5.92 Å². The number of nitrogens with zero attached hydrogens (tertiary/aromatic N) is 1. The fourth-order valence-corrected chi connectivity index (χ4v) is 2.03. The van der Waals surface area contributed by atoms with Gasteiger partial charge in [0, 0.05) is 10.2 Å². The Hall–Kier alpha value is -0.550. The highest BCUT2D eigenvalue weighted by Crippen LogP contribution is 2.22. The van der Waals surface area contributed by atoms with E-state index in [0.717, 1.165) is 15.2 Å². The van der Waals surface area contributed by atoms with E-state index < -0.39 is 5.97 Å². The number of hydrogen-bond acceptors (Lipinski definition) is 3. The van der Waals surface area contributed by atoms with Gasteiger partial charge in [0.25, 0.3) is 0 Å². The quantitative estimate of drug-likeness (QED) is 0.866. The van der Waals surface area contributed by atoms with Gasteiger partial charge in [-0.2, -0.15) is 0 Å². The molecule has 1 N–H and O–H groups in total. The summed E-state index contributed by atoms with van der Waals surface area (Å²) in [6.45, 7) is 3.61. The molecule has 1 aromatic heterocycles. The van der Waals surface area contributed by atoms with E-state index in [1.165, 1.54) is 11.8 Å². The van der Waals surface area contributed by atoms with Crippen LogP contribution in [0, 0.1) is 12.8 Å². The lowest BCUT2D eigenvalue weighted by Crippen LogP contribution is -2.11. The lowest BCUT2D eigenvalue weighted by molar-refractivity contribution is -0.140. The Morgan fingerprint density at radius 2 is 2.33 bits per heavy atom. The molecule has 0 saturated carbocycles.